The van der Waals surface area contributed by atoms with Gasteiger partial charge in [0.25, 0.3) is 10.0 Å². The van der Waals surface area contributed by atoms with Gasteiger partial charge in [0.05, 0.1) is 12.5 Å². The minimum Gasteiger partial charge on any atom is -0.369 e. The van der Waals surface area contributed by atoms with Crippen molar-refractivity contribution in [3.8, 4) is 0 Å². The van der Waals surface area contributed by atoms with Crippen molar-refractivity contribution < 1.29 is 18.0 Å². The Morgan fingerprint density at radius 2 is 2.10 bits per heavy atom. The van der Waals surface area contributed by atoms with Gasteiger partial charge in [0.1, 0.15) is 4.90 Å². The number of amidine groups is 1. The number of hydrogen-bond donors (Lipinski definition) is 2. The Morgan fingerprint density at radius 1 is 1.34 bits per heavy atom. The molecule has 1 aromatic carbocycles. The second-order valence-electron chi connectivity index (χ2n) is 7.49. The van der Waals surface area contributed by atoms with Crippen molar-refractivity contribution in [3.63, 3.8) is 0 Å². The maximum atomic E-state index is 12.2. The number of nitrogens with two attached hydrogens (primary N) is 1. The van der Waals surface area contributed by atoms with Crippen LogP contribution < -0.4 is 11.1 Å². The zero-order chi connectivity index (χ0) is 21.0. The number of benzene rings is 1. The Balaban J connectivity index is 1.44. The first kappa shape index (κ1) is 21.3. The number of carbonyl (C=O) groups excluding carboxylic acids is 2. The molecule has 2 amide bonds. The molecule has 2 aliphatic heterocycles. The number of piperidine rings is 1. The van der Waals surface area contributed by atoms with Crippen LogP contribution in [0.5, 0.6) is 0 Å². The van der Waals surface area contributed by atoms with Crippen LogP contribution in [0.3, 0.4) is 0 Å². The molecule has 29 heavy (non-hydrogen) atoms. The van der Waals surface area contributed by atoms with E-state index < -0.39 is 10.0 Å². The van der Waals surface area contributed by atoms with Crippen LogP contribution in [0.15, 0.2) is 33.6 Å². The van der Waals surface area contributed by atoms with Gasteiger partial charge in [-0.25, -0.2) is 0 Å². The molecule has 158 valence electrons. The fourth-order valence-corrected chi connectivity index (χ4v) is 4.98. The van der Waals surface area contributed by atoms with E-state index in [1.165, 1.54) is 6.07 Å². The maximum Gasteiger partial charge on any atom is 0.285 e. The van der Waals surface area contributed by atoms with Crippen LogP contribution in [-0.2, 0) is 19.6 Å². The second-order valence-corrected chi connectivity index (χ2v) is 9.06. The number of rotatable bonds is 7. The number of carbonyl (C=O) groups is 2. The van der Waals surface area contributed by atoms with Crippen molar-refractivity contribution in [3.05, 3.63) is 29.8 Å². The summed E-state index contributed by atoms with van der Waals surface area (Å²) >= 11 is 0. The smallest absolute Gasteiger partial charge is 0.285 e. The number of hydrogen-bond acceptors (Lipinski definition) is 6. The van der Waals surface area contributed by atoms with E-state index >= 15 is 0 Å². The molecule has 1 fully saturated rings. The number of primary amides is 1. The number of fused-ring (bicyclic) bond motifs is 1. The van der Waals surface area contributed by atoms with E-state index in [0.717, 1.165) is 32.4 Å². The quantitative estimate of drug-likeness (QED) is 0.586. The first-order valence-electron chi connectivity index (χ1n) is 9.72. The summed E-state index contributed by atoms with van der Waals surface area (Å²) in [6, 6.07) is 6.59. The predicted molar refractivity (Wildman–Crippen MR) is 109 cm³/mol. The van der Waals surface area contributed by atoms with Gasteiger partial charge in [0.15, 0.2) is 5.84 Å². The summed E-state index contributed by atoms with van der Waals surface area (Å²) in [4.78, 5) is 27.5. The molecule has 1 atom stereocenters. The van der Waals surface area contributed by atoms with E-state index in [2.05, 4.69) is 14.6 Å². The Morgan fingerprint density at radius 3 is 2.86 bits per heavy atom. The van der Waals surface area contributed by atoms with Crippen molar-refractivity contribution in [2.45, 2.75) is 24.2 Å². The number of nitrogens with zero attached hydrogens (tertiary/aromatic N) is 3. The third-order valence-corrected chi connectivity index (χ3v) is 6.56. The lowest BCUT2D eigenvalue weighted by molar-refractivity contribution is -0.123. The molecule has 0 spiro atoms. The largest absolute Gasteiger partial charge is 0.369 e. The summed E-state index contributed by atoms with van der Waals surface area (Å²) in [7, 11) is -2.06. The van der Waals surface area contributed by atoms with Gasteiger partial charge in [0.2, 0.25) is 11.8 Å². The van der Waals surface area contributed by atoms with Crippen LogP contribution in [0.1, 0.15) is 24.8 Å². The van der Waals surface area contributed by atoms with E-state index in [1.54, 1.807) is 30.1 Å². The Kier molecular flexibility index (Phi) is 6.53. The van der Waals surface area contributed by atoms with E-state index in [4.69, 9.17) is 5.73 Å². The van der Waals surface area contributed by atoms with Crippen molar-refractivity contribution in [2.75, 3.05) is 39.8 Å². The van der Waals surface area contributed by atoms with E-state index in [0.29, 0.717) is 18.7 Å². The topological polar surface area (TPSA) is 125 Å². The van der Waals surface area contributed by atoms with Crippen molar-refractivity contribution in [1.29, 1.82) is 0 Å². The van der Waals surface area contributed by atoms with E-state index in [1.807, 2.05) is 0 Å². The lowest BCUT2D eigenvalue weighted by atomic mass is 9.97. The summed E-state index contributed by atoms with van der Waals surface area (Å²) in [5.74, 6) is -0.255. The van der Waals surface area contributed by atoms with Crippen LogP contribution in [0.25, 0.3) is 0 Å². The number of likely N-dealkylation sites (tertiary alicyclic amines) is 1. The van der Waals surface area contributed by atoms with Crippen LogP contribution in [0.4, 0.5) is 0 Å². The Labute approximate surface area is 171 Å². The molecule has 1 aromatic rings. The van der Waals surface area contributed by atoms with Gasteiger partial charge in [-0.1, -0.05) is 12.1 Å². The molecule has 1 saturated heterocycles. The van der Waals surface area contributed by atoms with E-state index in [-0.39, 0.29) is 35.0 Å². The molecular formula is C19H27N5O4S. The Hall–Kier alpha value is -2.46. The van der Waals surface area contributed by atoms with Gasteiger partial charge in [-0.05, 0) is 44.5 Å². The number of amides is 2. The summed E-state index contributed by atoms with van der Waals surface area (Å²) in [5.41, 5.74) is 5.91. The highest BCUT2D eigenvalue weighted by Gasteiger charge is 2.31. The lowest BCUT2D eigenvalue weighted by Gasteiger charge is -2.31. The highest BCUT2D eigenvalue weighted by atomic mass is 32.2. The van der Waals surface area contributed by atoms with Gasteiger partial charge in [0, 0.05) is 25.7 Å². The zero-order valence-corrected chi connectivity index (χ0v) is 17.3. The molecule has 9 nitrogen and oxygen atoms in total. The summed E-state index contributed by atoms with van der Waals surface area (Å²) in [6.07, 6.45) is 2.56. The van der Waals surface area contributed by atoms with Crippen LogP contribution in [0, 0.1) is 5.92 Å². The normalized spacial score (nSPS) is 20.6. The average molecular weight is 422 g/mol. The fraction of sp³-hybridized carbons (Fsp3) is 0.526. The van der Waals surface area contributed by atoms with Gasteiger partial charge in [-0.2, -0.15) is 8.42 Å². The van der Waals surface area contributed by atoms with Gasteiger partial charge in [-0.15, -0.1) is 4.40 Å². The molecule has 1 unspecified atom stereocenters. The van der Waals surface area contributed by atoms with Crippen molar-refractivity contribution in [2.24, 2.45) is 16.0 Å². The molecule has 3 N–H and O–H groups in total. The van der Waals surface area contributed by atoms with Crippen LogP contribution >= 0.6 is 0 Å². The van der Waals surface area contributed by atoms with E-state index in [9.17, 15) is 18.0 Å². The summed E-state index contributed by atoms with van der Waals surface area (Å²) in [6.45, 7) is 2.92. The monoisotopic (exact) mass is 421 g/mol. The maximum absolute atomic E-state index is 12.2. The molecule has 0 saturated carbocycles. The molecule has 2 aliphatic rings. The molecule has 0 aromatic heterocycles. The SMILES string of the molecule is CN(CC(=O)NCCCN1CCCC(C(N)=O)C1)C1=NS(=O)(=O)c2ccccc21. The van der Waals surface area contributed by atoms with Gasteiger partial charge in [-0.3, -0.25) is 9.59 Å². The van der Waals surface area contributed by atoms with Crippen LogP contribution in [-0.4, -0.2) is 75.6 Å². The highest BCUT2D eigenvalue weighted by Crippen LogP contribution is 2.26. The molecule has 0 radical (unpaired) electrons. The molecule has 10 heteroatoms. The highest BCUT2D eigenvalue weighted by molar-refractivity contribution is 7.90. The van der Waals surface area contributed by atoms with Gasteiger partial charge >= 0.3 is 0 Å². The number of sulfonamides is 1. The Bertz CT molecular complexity index is 915. The average Bonchev–Trinajstić information content (AvgIpc) is 2.97. The third-order valence-electron chi connectivity index (χ3n) is 5.24. The number of nitrogens with one attached hydrogen (secondary N) is 1. The fourth-order valence-electron chi connectivity index (χ4n) is 3.73. The van der Waals surface area contributed by atoms with Gasteiger partial charge < -0.3 is 20.9 Å². The van der Waals surface area contributed by atoms with Crippen molar-refractivity contribution in [1.82, 2.24) is 15.1 Å². The summed E-state index contributed by atoms with van der Waals surface area (Å²) in [5, 5.41) is 2.85. The third kappa shape index (κ3) is 5.13. The summed E-state index contributed by atoms with van der Waals surface area (Å²) < 4.78 is 28.1. The first-order valence-corrected chi connectivity index (χ1v) is 11.2. The minimum atomic E-state index is -3.70. The predicted octanol–water partition coefficient (Wildman–Crippen LogP) is -0.229. The van der Waals surface area contributed by atoms with Crippen molar-refractivity contribution >= 4 is 27.7 Å². The second kappa shape index (κ2) is 8.91. The molecule has 0 aliphatic carbocycles. The zero-order valence-electron chi connectivity index (χ0n) is 16.5. The molecular weight excluding hydrogens is 394 g/mol. The first-order chi connectivity index (χ1) is 13.8. The van der Waals surface area contributed by atoms with Crippen LogP contribution in [0.2, 0.25) is 0 Å². The molecule has 2 heterocycles. The molecule has 0 bridgehead atoms. The molecule has 3 rings (SSSR count). The lowest BCUT2D eigenvalue weighted by Crippen LogP contribution is -2.42. The standard InChI is InChI=1S/C19H27N5O4S/c1-23(19-15-7-2-3-8-16(15)29(27,28)22-19)13-17(25)21-9-5-11-24-10-4-6-14(12-24)18(20)26/h2-3,7-8,14H,4-6,9-13H2,1H3,(H2,20,26)(H,21,25). The minimum absolute atomic E-state index is 0.0101. The number of likely N-dealkylation sites (N-methyl/N-ethyl adjacent to an activating group) is 1.